The molecular weight excluding hydrogens is 422 g/mol. The van der Waals surface area contributed by atoms with Gasteiger partial charge in [0.25, 0.3) is 0 Å². The molecule has 2 aromatic rings. The minimum Gasteiger partial charge on any atom is -0.325 e. The Morgan fingerprint density at radius 3 is 2.53 bits per heavy atom. The SMILES string of the molecule is CC(C(=O)Nc1cccc(S(=O)(=O)N2CCCCC2)c1)N(C)Cc1ccccc1Cl. The number of amides is 1. The monoisotopic (exact) mass is 449 g/mol. The lowest BCUT2D eigenvalue weighted by atomic mass is 10.2. The molecule has 1 atom stereocenters. The first kappa shape index (κ1) is 22.7. The van der Waals surface area contributed by atoms with Crippen LogP contribution in [0.1, 0.15) is 31.7 Å². The van der Waals surface area contributed by atoms with Crippen molar-refractivity contribution in [3.8, 4) is 0 Å². The number of carbonyl (C=O) groups is 1. The molecule has 0 aliphatic carbocycles. The van der Waals surface area contributed by atoms with Gasteiger partial charge in [-0.2, -0.15) is 4.31 Å². The predicted molar refractivity (Wildman–Crippen MR) is 120 cm³/mol. The second kappa shape index (κ2) is 9.92. The molecule has 162 valence electrons. The molecule has 0 spiro atoms. The van der Waals surface area contributed by atoms with Crippen LogP contribution in [0.25, 0.3) is 0 Å². The summed E-state index contributed by atoms with van der Waals surface area (Å²) in [7, 11) is -1.69. The minimum atomic E-state index is -3.55. The number of sulfonamides is 1. The molecule has 3 rings (SSSR count). The zero-order valence-electron chi connectivity index (χ0n) is 17.3. The van der Waals surface area contributed by atoms with Crippen LogP contribution in [0.2, 0.25) is 5.02 Å². The molecule has 1 fully saturated rings. The summed E-state index contributed by atoms with van der Waals surface area (Å²) in [5.41, 5.74) is 1.41. The first-order valence-corrected chi connectivity index (χ1v) is 12.0. The van der Waals surface area contributed by atoms with Crippen LogP contribution in [0.5, 0.6) is 0 Å². The van der Waals surface area contributed by atoms with E-state index in [1.807, 2.05) is 36.2 Å². The van der Waals surface area contributed by atoms with E-state index in [-0.39, 0.29) is 10.8 Å². The van der Waals surface area contributed by atoms with E-state index in [0.29, 0.717) is 30.3 Å². The van der Waals surface area contributed by atoms with Crippen LogP contribution in [0.15, 0.2) is 53.4 Å². The van der Waals surface area contributed by atoms with Crippen molar-refractivity contribution in [2.24, 2.45) is 0 Å². The number of nitrogens with zero attached hydrogens (tertiary/aromatic N) is 2. The van der Waals surface area contributed by atoms with Gasteiger partial charge in [-0.25, -0.2) is 8.42 Å². The number of piperidine rings is 1. The molecule has 0 aromatic heterocycles. The molecule has 1 saturated heterocycles. The Morgan fingerprint density at radius 2 is 1.83 bits per heavy atom. The molecule has 1 heterocycles. The van der Waals surface area contributed by atoms with Crippen LogP contribution in [-0.4, -0.2) is 49.7 Å². The molecule has 1 N–H and O–H groups in total. The lowest BCUT2D eigenvalue weighted by molar-refractivity contribution is -0.120. The Balaban J connectivity index is 1.67. The lowest BCUT2D eigenvalue weighted by Gasteiger charge is -2.26. The number of hydrogen-bond donors (Lipinski definition) is 1. The average molecular weight is 450 g/mol. The van der Waals surface area contributed by atoms with Crippen LogP contribution in [0.3, 0.4) is 0 Å². The maximum atomic E-state index is 12.9. The van der Waals surface area contributed by atoms with E-state index in [9.17, 15) is 13.2 Å². The molecule has 0 radical (unpaired) electrons. The van der Waals surface area contributed by atoms with Gasteiger partial charge in [0.15, 0.2) is 0 Å². The number of rotatable bonds is 7. The Hall–Kier alpha value is -1.93. The van der Waals surface area contributed by atoms with Crippen molar-refractivity contribution in [1.82, 2.24) is 9.21 Å². The zero-order valence-corrected chi connectivity index (χ0v) is 18.9. The Bertz CT molecular complexity index is 991. The highest BCUT2D eigenvalue weighted by molar-refractivity contribution is 7.89. The van der Waals surface area contributed by atoms with Crippen LogP contribution >= 0.6 is 11.6 Å². The number of anilines is 1. The molecule has 2 aromatic carbocycles. The van der Waals surface area contributed by atoms with Crippen molar-refractivity contribution in [2.45, 2.75) is 43.7 Å². The number of halogens is 1. The van der Waals surface area contributed by atoms with Gasteiger partial charge in [-0.15, -0.1) is 0 Å². The molecule has 1 aliphatic heterocycles. The highest BCUT2D eigenvalue weighted by Crippen LogP contribution is 2.23. The molecule has 1 aliphatic rings. The second-order valence-electron chi connectivity index (χ2n) is 7.66. The molecule has 6 nitrogen and oxygen atoms in total. The van der Waals surface area contributed by atoms with Crippen molar-refractivity contribution in [1.29, 1.82) is 0 Å². The largest absolute Gasteiger partial charge is 0.325 e. The van der Waals surface area contributed by atoms with Gasteiger partial charge in [0, 0.05) is 30.3 Å². The molecule has 0 bridgehead atoms. The first-order chi connectivity index (χ1) is 14.3. The fourth-order valence-corrected chi connectivity index (χ4v) is 5.23. The summed E-state index contributed by atoms with van der Waals surface area (Å²) in [6.45, 7) is 3.42. The van der Waals surface area contributed by atoms with Gasteiger partial charge in [0.05, 0.1) is 10.9 Å². The summed E-state index contributed by atoms with van der Waals surface area (Å²) in [6, 6.07) is 13.6. The lowest BCUT2D eigenvalue weighted by Crippen LogP contribution is -2.39. The molecule has 0 saturated carbocycles. The van der Waals surface area contributed by atoms with E-state index < -0.39 is 16.1 Å². The normalized spacial score (nSPS) is 16.4. The summed E-state index contributed by atoms with van der Waals surface area (Å²) in [6.07, 6.45) is 2.82. The molecule has 8 heteroatoms. The molecular formula is C22H28ClN3O3S. The molecule has 1 amide bonds. The fourth-order valence-electron chi connectivity index (χ4n) is 3.47. The third kappa shape index (κ3) is 5.40. The van der Waals surface area contributed by atoms with Crippen molar-refractivity contribution in [2.75, 3.05) is 25.5 Å². The van der Waals surface area contributed by atoms with Crippen molar-refractivity contribution >= 4 is 33.2 Å². The van der Waals surface area contributed by atoms with Crippen molar-refractivity contribution in [3.05, 3.63) is 59.1 Å². The Labute approximate surface area is 183 Å². The quantitative estimate of drug-likeness (QED) is 0.694. The Morgan fingerprint density at radius 1 is 1.13 bits per heavy atom. The Kier molecular flexibility index (Phi) is 7.52. The number of hydrogen-bond acceptors (Lipinski definition) is 4. The fraction of sp³-hybridized carbons (Fsp3) is 0.409. The summed E-state index contributed by atoms with van der Waals surface area (Å²) in [4.78, 5) is 14.8. The second-order valence-corrected chi connectivity index (χ2v) is 10.0. The van der Waals surface area contributed by atoms with Crippen molar-refractivity contribution < 1.29 is 13.2 Å². The third-order valence-corrected chi connectivity index (χ3v) is 7.74. The van der Waals surface area contributed by atoms with Crippen LogP contribution in [0.4, 0.5) is 5.69 Å². The van der Waals surface area contributed by atoms with Gasteiger partial charge >= 0.3 is 0 Å². The standard InChI is InChI=1S/C22H28ClN3O3S/c1-17(25(2)16-18-9-4-5-12-21(18)23)22(27)24-19-10-8-11-20(15-19)30(28,29)26-13-6-3-7-14-26/h4-5,8-12,15,17H,3,6-7,13-14,16H2,1-2H3,(H,24,27). The van der Waals surface area contributed by atoms with Crippen LogP contribution in [-0.2, 0) is 21.4 Å². The van der Waals surface area contributed by atoms with E-state index >= 15 is 0 Å². The summed E-state index contributed by atoms with van der Waals surface area (Å²) >= 11 is 6.22. The van der Waals surface area contributed by atoms with Gasteiger partial charge in [0.2, 0.25) is 15.9 Å². The van der Waals surface area contributed by atoms with Gasteiger partial charge in [-0.1, -0.05) is 42.3 Å². The van der Waals surface area contributed by atoms with Gasteiger partial charge in [-0.05, 0) is 56.6 Å². The zero-order chi connectivity index (χ0) is 21.7. The summed E-state index contributed by atoms with van der Waals surface area (Å²) < 4.78 is 27.3. The minimum absolute atomic E-state index is 0.208. The van der Waals surface area contributed by atoms with E-state index in [1.165, 1.54) is 10.4 Å². The van der Waals surface area contributed by atoms with Gasteiger partial charge < -0.3 is 5.32 Å². The smallest absolute Gasteiger partial charge is 0.243 e. The average Bonchev–Trinajstić information content (AvgIpc) is 2.75. The van der Waals surface area contributed by atoms with Gasteiger partial charge in [-0.3, -0.25) is 9.69 Å². The number of benzene rings is 2. The van der Waals surface area contributed by atoms with E-state index in [4.69, 9.17) is 11.6 Å². The highest BCUT2D eigenvalue weighted by atomic mass is 35.5. The topological polar surface area (TPSA) is 69.7 Å². The first-order valence-electron chi connectivity index (χ1n) is 10.1. The van der Waals surface area contributed by atoms with Gasteiger partial charge in [0.1, 0.15) is 0 Å². The van der Waals surface area contributed by atoms with E-state index in [0.717, 1.165) is 24.8 Å². The number of likely N-dealkylation sites (N-methyl/N-ethyl adjacent to an activating group) is 1. The highest BCUT2D eigenvalue weighted by Gasteiger charge is 2.26. The summed E-state index contributed by atoms with van der Waals surface area (Å²) in [5, 5.41) is 3.50. The van der Waals surface area contributed by atoms with Crippen LogP contribution < -0.4 is 5.32 Å². The summed E-state index contributed by atoms with van der Waals surface area (Å²) in [5.74, 6) is -0.211. The van der Waals surface area contributed by atoms with Crippen LogP contribution in [0, 0.1) is 0 Å². The maximum absolute atomic E-state index is 12.9. The molecule has 1 unspecified atom stereocenters. The predicted octanol–water partition coefficient (Wildman–Crippen LogP) is 3.97. The van der Waals surface area contributed by atoms with E-state index in [2.05, 4.69) is 5.32 Å². The number of carbonyl (C=O) groups excluding carboxylic acids is 1. The maximum Gasteiger partial charge on any atom is 0.243 e. The third-order valence-electron chi connectivity index (χ3n) is 5.47. The van der Waals surface area contributed by atoms with Crippen molar-refractivity contribution in [3.63, 3.8) is 0 Å². The molecule has 30 heavy (non-hydrogen) atoms. The number of nitrogens with one attached hydrogen (secondary N) is 1. The van der Waals surface area contributed by atoms with E-state index in [1.54, 1.807) is 25.1 Å².